The summed E-state index contributed by atoms with van der Waals surface area (Å²) in [7, 11) is 0. The van der Waals surface area contributed by atoms with Crippen LogP contribution in [0.2, 0.25) is 0 Å². The largest absolute Gasteiger partial charge is 0.476 e. The van der Waals surface area contributed by atoms with Crippen molar-refractivity contribution in [3.05, 3.63) is 6.33 Å². The fourth-order valence-corrected chi connectivity index (χ4v) is 2.68. The van der Waals surface area contributed by atoms with Gasteiger partial charge in [0.15, 0.2) is 23.6 Å². The lowest BCUT2D eigenvalue weighted by atomic mass is 9.98. The summed E-state index contributed by atoms with van der Waals surface area (Å²) in [6.45, 7) is 2.88. The molecule has 4 atom stereocenters. The van der Waals surface area contributed by atoms with Crippen molar-refractivity contribution in [1.82, 2.24) is 19.5 Å². The SMILES string of the molecule is CCOc1nc(N)nc2c1ncn2[C@@H]1O[C@H](CO)[C@@H](F)[C@@]1(C)O. The van der Waals surface area contributed by atoms with Crippen molar-refractivity contribution in [2.24, 2.45) is 0 Å². The predicted molar refractivity (Wildman–Crippen MR) is 77.4 cm³/mol. The van der Waals surface area contributed by atoms with E-state index < -0.39 is 30.7 Å². The number of halogens is 1. The highest BCUT2D eigenvalue weighted by atomic mass is 19.1. The standard InChI is InChI=1S/C13H18FN5O4/c1-3-22-10-7-9(17-12(15)18-10)19(5-16-7)11-13(2,21)8(14)6(4-20)23-11/h5-6,8,11,20-21H,3-4H2,1-2H3,(H2,15,17,18)/t6-,8-,11-,13-/m1/s1. The Bertz CT molecular complexity index is 722. The predicted octanol–water partition coefficient (Wildman–Crippen LogP) is -0.214. The molecule has 3 rings (SSSR count). The Balaban J connectivity index is 2.10. The number of aromatic nitrogens is 4. The third-order valence-corrected chi connectivity index (χ3v) is 3.81. The van der Waals surface area contributed by atoms with E-state index in [0.29, 0.717) is 12.1 Å². The van der Waals surface area contributed by atoms with Crippen molar-refractivity contribution in [1.29, 1.82) is 0 Å². The van der Waals surface area contributed by atoms with Crippen molar-refractivity contribution in [3.63, 3.8) is 0 Å². The first-order valence-corrected chi connectivity index (χ1v) is 7.15. The van der Waals surface area contributed by atoms with E-state index in [2.05, 4.69) is 15.0 Å². The molecule has 3 heterocycles. The molecule has 0 unspecified atom stereocenters. The molecule has 0 bridgehead atoms. The maximum Gasteiger partial charge on any atom is 0.247 e. The summed E-state index contributed by atoms with van der Waals surface area (Å²) in [6, 6.07) is 0. The van der Waals surface area contributed by atoms with E-state index >= 15 is 0 Å². The molecule has 1 aliphatic rings. The van der Waals surface area contributed by atoms with E-state index in [0.717, 1.165) is 0 Å². The minimum atomic E-state index is -1.87. The monoisotopic (exact) mass is 327 g/mol. The molecule has 1 saturated heterocycles. The van der Waals surface area contributed by atoms with Gasteiger partial charge in [0, 0.05) is 0 Å². The molecule has 1 fully saturated rings. The number of hydrogen-bond acceptors (Lipinski definition) is 8. The molecule has 9 nitrogen and oxygen atoms in total. The van der Waals surface area contributed by atoms with Crippen molar-refractivity contribution in [2.45, 2.75) is 38.0 Å². The number of aliphatic hydroxyl groups is 2. The first kappa shape index (κ1) is 15.8. The van der Waals surface area contributed by atoms with Crippen LogP contribution in [0.3, 0.4) is 0 Å². The second-order valence-electron chi connectivity index (χ2n) is 5.48. The zero-order valence-electron chi connectivity index (χ0n) is 12.7. The number of fused-ring (bicyclic) bond motifs is 1. The van der Waals surface area contributed by atoms with Gasteiger partial charge in [-0.05, 0) is 13.8 Å². The van der Waals surface area contributed by atoms with E-state index in [9.17, 15) is 14.6 Å². The second kappa shape index (κ2) is 5.55. The van der Waals surface area contributed by atoms with E-state index in [4.69, 9.17) is 15.2 Å². The topological polar surface area (TPSA) is 129 Å². The van der Waals surface area contributed by atoms with Gasteiger partial charge in [0.2, 0.25) is 11.8 Å². The Hall–Kier alpha value is -2.04. The van der Waals surface area contributed by atoms with E-state index in [1.54, 1.807) is 6.92 Å². The molecule has 0 saturated carbocycles. The Morgan fingerprint density at radius 2 is 2.26 bits per heavy atom. The molecule has 0 aliphatic carbocycles. The second-order valence-corrected chi connectivity index (χ2v) is 5.48. The summed E-state index contributed by atoms with van der Waals surface area (Å²) < 4.78 is 26.4. The number of hydrogen-bond donors (Lipinski definition) is 3. The molecular formula is C13H18FN5O4. The average Bonchev–Trinajstić information content (AvgIpc) is 3.00. The van der Waals surface area contributed by atoms with Crippen LogP contribution in [0.5, 0.6) is 5.88 Å². The molecule has 0 amide bonds. The Labute approximate surface area is 130 Å². The number of ether oxygens (including phenoxy) is 2. The van der Waals surface area contributed by atoms with Gasteiger partial charge < -0.3 is 25.4 Å². The van der Waals surface area contributed by atoms with Gasteiger partial charge >= 0.3 is 0 Å². The minimum Gasteiger partial charge on any atom is -0.476 e. The number of nitrogens with two attached hydrogens (primary N) is 1. The molecule has 10 heteroatoms. The molecular weight excluding hydrogens is 309 g/mol. The number of nitrogens with zero attached hydrogens (tertiary/aromatic N) is 4. The van der Waals surface area contributed by atoms with Gasteiger partial charge in [-0.2, -0.15) is 9.97 Å². The van der Waals surface area contributed by atoms with Crippen LogP contribution in [0.1, 0.15) is 20.1 Å². The summed E-state index contributed by atoms with van der Waals surface area (Å²) >= 11 is 0. The van der Waals surface area contributed by atoms with Gasteiger partial charge in [0.1, 0.15) is 11.7 Å². The summed E-state index contributed by atoms with van der Waals surface area (Å²) in [4.78, 5) is 12.2. The van der Waals surface area contributed by atoms with Gasteiger partial charge in [-0.3, -0.25) is 4.57 Å². The summed E-state index contributed by atoms with van der Waals surface area (Å²) in [5.74, 6) is 0.151. The molecule has 2 aromatic rings. The van der Waals surface area contributed by atoms with E-state index in [1.165, 1.54) is 17.8 Å². The molecule has 0 radical (unpaired) electrons. The van der Waals surface area contributed by atoms with Crippen LogP contribution < -0.4 is 10.5 Å². The Morgan fingerprint density at radius 3 is 2.87 bits per heavy atom. The lowest BCUT2D eigenvalue weighted by Crippen LogP contribution is -2.41. The normalized spacial score (nSPS) is 30.9. The van der Waals surface area contributed by atoms with Gasteiger partial charge in [-0.15, -0.1) is 0 Å². The number of anilines is 1. The first-order valence-electron chi connectivity index (χ1n) is 7.15. The summed E-state index contributed by atoms with van der Waals surface area (Å²) in [6.07, 6.45) is -2.69. The molecule has 2 aromatic heterocycles. The zero-order chi connectivity index (χ0) is 16.8. The summed E-state index contributed by atoms with van der Waals surface area (Å²) in [5.41, 5.74) is 4.37. The molecule has 23 heavy (non-hydrogen) atoms. The molecule has 0 aromatic carbocycles. The zero-order valence-corrected chi connectivity index (χ0v) is 12.7. The maximum absolute atomic E-state index is 14.2. The van der Waals surface area contributed by atoms with Crippen molar-refractivity contribution < 1.29 is 24.1 Å². The van der Waals surface area contributed by atoms with Crippen molar-refractivity contribution in [2.75, 3.05) is 18.9 Å². The maximum atomic E-state index is 14.2. The number of alkyl halides is 1. The van der Waals surface area contributed by atoms with E-state index in [1.807, 2.05) is 0 Å². The van der Waals surface area contributed by atoms with Crippen LogP contribution in [0.25, 0.3) is 11.2 Å². The summed E-state index contributed by atoms with van der Waals surface area (Å²) in [5, 5.41) is 19.6. The smallest absolute Gasteiger partial charge is 0.247 e. The van der Waals surface area contributed by atoms with E-state index in [-0.39, 0.29) is 17.5 Å². The first-order chi connectivity index (χ1) is 10.9. The lowest BCUT2D eigenvalue weighted by Gasteiger charge is -2.26. The van der Waals surface area contributed by atoms with Gasteiger partial charge in [-0.1, -0.05) is 0 Å². The quantitative estimate of drug-likeness (QED) is 0.703. The number of nitrogen functional groups attached to an aromatic ring is 1. The third-order valence-electron chi connectivity index (χ3n) is 3.81. The number of aliphatic hydroxyl groups excluding tert-OH is 1. The van der Waals surface area contributed by atoms with Crippen LogP contribution in [-0.4, -0.2) is 60.8 Å². The van der Waals surface area contributed by atoms with Crippen LogP contribution in [0.15, 0.2) is 6.33 Å². The van der Waals surface area contributed by atoms with Gasteiger partial charge in [0.25, 0.3) is 0 Å². The molecule has 0 spiro atoms. The van der Waals surface area contributed by atoms with Gasteiger partial charge in [0.05, 0.1) is 19.5 Å². The van der Waals surface area contributed by atoms with Crippen LogP contribution >= 0.6 is 0 Å². The lowest BCUT2D eigenvalue weighted by molar-refractivity contribution is -0.0892. The highest BCUT2D eigenvalue weighted by Gasteiger charge is 2.54. The number of rotatable bonds is 4. The highest BCUT2D eigenvalue weighted by molar-refractivity contribution is 5.77. The van der Waals surface area contributed by atoms with Crippen LogP contribution in [0, 0.1) is 0 Å². The minimum absolute atomic E-state index is 0.0455. The van der Waals surface area contributed by atoms with Crippen LogP contribution in [0.4, 0.5) is 10.3 Å². The van der Waals surface area contributed by atoms with Crippen molar-refractivity contribution in [3.8, 4) is 5.88 Å². The van der Waals surface area contributed by atoms with Crippen LogP contribution in [-0.2, 0) is 4.74 Å². The fourth-order valence-electron chi connectivity index (χ4n) is 2.68. The third kappa shape index (κ3) is 2.38. The number of imidazole rings is 1. The van der Waals surface area contributed by atoms with Gasteiger partial charge in [-0.25, -0.2) is 9.37 Å². The Morgan fingerprint density at radius 1 is 1.52 bits per heavy atom. The fraction of sp³-hybridized carbons (Fsp3) is 0.615. The van der Waals surface area contributed by atoms with Crippen molar-refractivity contribution >= 4 is 17.1 Å². The average molecular weight is 327 g/mol. The molecule has 126 valence electrons. The highest BCUT2D eigenvalue weighted by Crippen LogP contribution is 2.41. The molecule has 4 N–H and O–H groups in total. The Kier molecular flexibility index (Phi) is 3.82. The molecule has 1 aliphatic heterocycles.